The average molecular weight is 271 g/mol. The van der Waals surface area contributed by atoms with Gasteiger partial charge < -0.3 is 9.52 Å². The SMILES string of the molecule is C[n+]1c(-c2ccccc2)oc([O-])c1C(=O)C(F)(F)F. The van der Waals surface area contributed by atoms with E-state index in [1.807, 2.05) is 0 Å². The molecule has 0 aliphatic carbocycles. The first-order valence-corrected chi connectivity index (χ1v) is 5.19. The van der Waals surface area contributed by atoms with Crippen molar-refractivity contribution in [1.29, 1.82) is 0 Å². The van der Waals surface area contributed by atoms with Crippen LogP contribution in [-0.4, -0.2) is 12.0 Å². The Bertz CT molecular complexity index is 617. The van der Waals surface area contributed by atoms with Crippen molar-refractivity contribution < 1.29 is 32.1 Å². The summed E-state index contributed by atoms with van der Waals surface area (Å²) in [6.07, 6.45) is -5.12. The smallest absolute Gasteiger partial charge is 0.461 e. The van der Waals surface area contributed by atoms with Crippen molar-refractivity contribution in [2.75, 3.05) is 0 Å². The average Bonchev–Trinajstić information content (AvgIpc) is 2.64. The summed E-state index contributed by atoms with van der Waals surface area (Å²) in [5.41, 5.74) is -0.630. The van der Waals surface area contributed by atoms with E-state index in [4.69, 9.17) is 4.42 Å². The van der Waals surface area contributed by atoms with Gasteiger partial charge in [-0.2, -0.15) is 17.7 Å². The lowest BCUT2D eigenvalue weighted by molar-refractivity contribution is -0.665. The monoisotopic (exact) mass is 271 g/mol. The van der Waals surface area contributed by atoms with Crippen molar-refractivity contribution in [3.05, 3.63) is 36.0 Å². The van der Waals surface area contributed by atoms with Crippen molar-refractivity contribution >= 4 is 5.78 Å². The molecule has 1 aromatic carbocycles. The molecule has 1 heterocycles. The molecule has 0 amide bonds. The Morgan fingerprint density at radius 3 is 2.37 bits per heavy atom. The van der Waals surface area contributed by atoms with Crippen LogP contribution < -0.4 is 9.67 Å². The molecule has 0 saturated carbocycles. The number of alkyl halides is 3. The molecular weight excluding hydrogens is 263 g/mol. The number of Topliss-reactive ketones (excluding diaryl/α,β-unsaturated/α-hetero) is 1. The zero-order valence-electron chi connectivity index (χ0n) is 9.69. The second-order valence-electron chi connectivity index (χ2n) is 3.80. The quantitative estimate of drug-likeness (QED) is 0.615. The highest BCUT2D eigenvalue weighted by atomic mass is 19.4. The Kier molecular flexibility index (Phi) is 3.05. The fraction of sp³-hybridized carbons (Fsp3) is 0.167. The largest absolute Gasteiger partial charge is 0.540 e. The van der Waals surface area contributed by atoms with Gasteiger partial charge in [-0.05, 0) is 12.1 Å². The Morgan fingerprint density at radius 1 is 1.26 bits per heavy atom. The van der Waals surface area contributed by atoms with Gasteiger partial charge >= 0.3 is 12.0 Å². The van der Waals surface area contributed by atoms with E-state index in [1.54, 1.807) is 30.3 Å². The van der Waals surface area contributed by atoms with E-state index in [9.17, 15) is 23.1 Å². The van der Waals surface area contributed by atoms with Crippen LogP contribution in [0.15, 0.2) is 34.7 Å². The molecule has 0 radical (unpaired) electrons. The summed E-state index contributed by atoms with van der Waals surface area (Å²) < 4.78 is 42.6. The number of hydrogen-bond acceptors (Lipinski definition) is 3. The number of hydrogen-bond donors (Lipinski definition) is 0. The highest BCUT2D eigenvalue weighted by Crippen LogP contribution is 2.27. The Morgan fingerprint density at radius 2 is 1.84 bits per heavy atom. The van der Waals surface area contributed by atoms with E-state index < -0.39 is 23.6 Å². The van der Waals surface area contributed by atoms with E-state index >= 15 is 0 Å². The van der Waals surface area contributed by atoms with Crippen molar-refractivity contribution in [1.82, 2.24) is 0 Å². The van der Waals surface area contributed by atoms with E-state index in [2.05, 4.69) is 0 Å². The van der Waals surface area contributed by atoms with Crippen LogP contribution >= 0.6 is 0 Å². The van der Waals surface area contributed by atoms with Gasteiger partial charge in [0.25, 0.3) is 11.6 Å². The third kappa shape index (κ3) is 2.31. The maximum atomic E-state index is 12.4. The highest BCUT2D eigenvalue weighted by Gasteiger charge is 2.46. The minimum atomic E-state index is -5.12. The molecule has 0 aliphatic rings. The van der Waals surface area contributed by atoms with E-state index in [0.717, 1.165) is 4.57 Å². The molecule has 7 heteroatoms. The number of benzene rings is 1. The van der Waals surface area contributed by atoms with Gasteiger partial charge in [-0.25, -0.2) is 0 Å². The van der Waals surface area contributed by atoms with Crippen LogP contribution in [0.5, 0.6) is 5.95 Å². The topological polar surface area (TPSA) is 57.1 Å². The molecule has 19 heavy (non-hydrogen) atoms. The zero-order valence-corrected chi connectivity index (χ0v) is 9.69. The molecule has 0 unspecified atom stereocenters. The van der Waals surface area contributed by atoms with Crippen molar-refractivity contribution in [3.63, 3.8) is 0 Å². The molecule has 0 spiro atoms. The summed E-state index contributed by atoms with van der Waals surface area (Å²) in [4.78, 5) is 11.1. The van der Waals surface area contributed by atoms with Gasteiger partial charge in [0.2, 0.25) is 0 Å². The first-order chi connectivity index (χ1) is 8.82. The van der Waals surface area contributed by atoms with Crippen molar-refractivity contribution in [3.8, 4) is 17.4 Å². The van der Waals surface area contributed by atoms with Crippen LogP contribution in [-0.2, 0) is 7.05 Å². The lowest BCUT2D eigenvalue weighted by Crippen LogP contribution is -2.40. The minimum absolute atomic E-state index is 0.0989. The minimum Gasteiger partial charge on any atom is -0.540 e. The van der Waals surface area contributed by atoms with Gasteiger partial charge in [0, 0.05) is 0 Å². The van der Waals surface area contributed by atoms with Crippen LogP contribution in [0, 0.1) is 0 Å². The van der Waals surface area contributed by atoms with E-state index in [1.165, 1.54) is 7.05 Å². The lowest BCUT2D eigenvalue weighted by atomic mass is 10.2. The molecule has 0 N–H and O–H groups in total. The number of rotatable bonds is 2. The second-order valence-corrected chi connectivity index (χ2v) is 3.80. The van der Waals surface area contributed by atoms with Crippen molar-refractivity contribution in [2.24, 2.45) is 7.05 Å². The first-order valence-electron chi connectivity index (χ1n) is 5.19. The predicted molar refractivity (Wildman–Crippen MR) is 55.2 cm³/mol. The van der Waals surface area contributed by atoms with Crippen molar-refractivity contribution in [2.45, 2.75) is 6.18 Å². The first kappa shape index (κ1) is 13.1. The number of carbonyl (C=O) groups excluding carboxylic acids is 1. The number of carbonyl (C=O) groups is 1. The molecule has 0 fully saturated rings. The van der Waals surface area contributed by atoms with Gasteiger partial charge in [-0.3, -0.25) is 4.79 Å². The summed E-state index contributed by atoms with van der Waals surface area (Å²) in [6, 6.07) is 8.08. The molecule has 2 aromatic rings. The summed E-state index contributed by atoms with van der Waals surface area (Å²) in [5, 5.41) is 11.4. The van der Waals surface area contributed by atoms with Crippen LogP contribution in [0.2, 0.25) is 0 Å². The van der Waals surface area contributed by atoms with Gasteiger partial charge in [0.15, 0.2) is 0 Å². The normalized spacial score (nSPS) is 11.6. The van der Waals surface area contributed by atoms with Gasteiger partial charge in [-0.15, -0.1) is 0 Å². The maximum absolute atomic E-state index is 12.4. The summed E-state index contributed by atoms with van der Waals surface area (Å²) in [5.74, 6) is -3.62. The number of oxazole rings is 1. The second kappa shape index (κ2) is 4.42. The fourth-order valence-electron chi connectivity index (χ4n) is 1.66. The molecular formula is C12H8F3NO3. The maximum Gasteiger partial charge on any atom is 0.461 e. The van der Waals surface area contributed by atoms with E-state index in [0.29, 0.717) is 5.56 Å². The molecule has 4 nitrogen and oxygen atoms in total. The lowest BCUT2D eigenvalue weighted by Gasteiger charge is -2.02. The number of halogens is 3. The third-order valence-electron chi connectivity index (χ3n) is 2.52. The van der Waals surface area contributed by atoms with Crippen LogP contribution in [0.1, 0.15) is 10.5 Å². The number of ketones is 1. The Hall–Kier alpha value is -2.31. The molecule has 0 aliphatic heterocycles. The molecule has 1 aromatic heterocycles. The standard InChI is InChI=1S/C12H8F3NO3/c1-16-8(9(17)12(13,14)15)11(18)19-10(16)7-5-3-2-4-6-7/h2-6H,1H3. The van der Waals surface area contributed by atoms with Crippen LogP contribution in [0.25, 0.3) is 11.5 Å². The van der Waals surface area contributed by atoms with Crippen LogP contribution in [0.4, 0.5) is 13.2 Å². The number of nitrogens with zero attached hydrogens (tertiary/aromatic N) is 1. The fourth-order valence-corrected chi connectivity index (χ4v) is 1.66. The van der Waals surface area contributed by atoms with Gasteiger partial charge in [-0.1, -0.05) is 18.2 Å². The summed E-state index contributed by atoms with van der Waals surface area (Å²) in [7, 11) is 1.17. The molecule has 2 rings (SSSR count). The van der Waals surface area contributed by atoms with Crippen LogP contribution in [0.3, 0.4) is 0 Å². The molecule has 100 valence electrons. The summed E-state index contributed by atoms with van der Waals surface area (Å²) >= 11 is 0. The van der Waals surface area contributed by atoms with Gasteiger partial charge in [0.05, 0.1) is 5.56 Å². The van der Waals surface area contributed by atoms with E-state index in [-0.39, 0.29) is 5.89 Å². The zero-order chi connectivity index (χ0) is 14.2. The predicted octanol–water partition coefficient (Wildman–Crippen LogP) is 1.59. The third-order valence-corrected chi connectivity index (χ3v) is 2.52. The van der Waals surface area contributed by atoms with Gasteiger partial charge in [0.1, 0.15) is 13.0 Å². The highest BCUT2D eigenvalue weighted by molar-refractivity contribution is 5.99. The number of aromatic nitrogens is 1. The molecule has 0 bridgehead atoms. The Balaban J connectivity index is 2.56. The molecule has 0 saturated heterocycles. The Labute approximate surface area is 105 Å². The molecule has 0 atom stereocenters. The summed E-state index contributed by atoms with van der Waals surface area (Å²) in [6.45, 7) is 0.